The molecule has 0 heterocycles. The van der Waals surface area contributed by atoms with Gasteiger partial charge in [0.2, 0.25) is 0 Å². The fourth-order valence-corrected chi connectivity index (χ4v) is 0.954. The highest BCUT2D eigenvalue weighted by molar-refractivity contribution is 8.09. The van der Waals surface area contributed by atoms with Crippen LogP contribution in [0, 0.1) is 0 Å². The first-order chi connectivity index (χ1) is 4.77. The van der Waals surface area contributed by atoms with Crippen LogP contribution in [0.2, 0.25) is 0 Å². The number of hydrogen-bond donors (Lipinski definition) is 1. The second kappa shape index (κ2) is 3.85. The summed E-state index contributed by atoms with van der Waals surface area (Å²) < 4.78 is 38.5. The van der Waals surface area contributed by atoms with Crippen molar-refractivity contribution in [2.24, 2.45) is 0 Å². The molecule has 0 aliphatic heterocycles. The standard InChI is InChI=1S/C4H8F3O2PS/c1-2-10(8,11)9-3-4(5,6)7/h2-3H2,1H3,(H,8,11). The van der Waals surface area contributed by atoms with E-state index in [1.165, 1.54) is 6.92 Å². The third kappa shape index (κ3) is 6.75. The molecule has 2 nitrogen and oxygen atoms in total. The lowest BCUT2D eigenvalue weighted by molar-refractivity contribution is -0.153. The lowest BCUT2D eigenvalue weighted by Gasteiger charge is -2.14. The summed E-state index contributed by atoms with van der Waals surface area (Å²) in [5.74, 6) is 0. The first-order valence-electron chi connectivity index (χ1n) is 2.80. The van der Waals surface area contributed by atoms with Crippen molar-refractivity contribution in [1.82, 2.24) is 0 Å². The molecule has 0 rings (SSSR count). The van der Waals surface area contributed by atoms with E-state index in [9.17, 15) is 13.2 Å². The van der Waals surface area contributed by atoms with Gasteiger partial charge in [-0.2, -0.15) is 13.2 Å². The molecule has 0 saturated heterocycles. The summed E-state index contributed by atoms with van der Waals surface area (Å²) in [6.45, 7) is -3.14. The van der Waals surface area contributed by atoms with Crippen LogP contribution in [-0.4, -0.2) is 23.8 Å². The fraction of sp³-hybridized carbons (Fsp3) is 1.00. The van der Waals surface area contributed by atoms with Gasteiger partial charge in [0, 0.05) is 6.16 Å². The molecule has 0 fully saturated rings. The van der Waals surface area contributed by atoms with Gasteiger partial charge in [0.25, 0.3) is 0 Å². The van der Waals surface area contributed by atoms with Crippen LogP contribution in [0.15, 0.2) is 0 Å². The Bertz CT molecular complexity index is 169. The molecule has 68 valence electrons. The van der Waals surface area contributed by atoms with E-state index in [1.54, 1.807) is 0 Å². The normalized spacial score (nSPS) is 17.9. The van der Waals surface area contributed by atoms with E-state index >= 15 is 0 Å². The Balaban J connectivity index is 3.80. The van der Waals surface area contributed by atoms with Gasteiger partial charge in [0.15, 0.2) is 6.49 Å². The topological polar surface area (TPSA) is 29.5 Å². The zero-order chi connectivity index (χ0) is 9.12. The van der Waals surface area contributed by atoms with Crippen LogP contribution in [0.1, 0.15) is 6.92 Å². The van der Waals surface area contributed by atoms with Crippen molar-refractivity contribution >= 4 is 18.3 Å². The van der Waals surface area contributed by atoms with Crippen molar-refractivity contribution < 1.29 is 22.6 Å². The maximum absolute atomic E-state index is 11.5. The summed E-state index contributed by atoms with van der Waals surface area (Å²) in [7, 11) is 0. The summed E-state index contributed by atoms with van der Waals surface area (Å²) in [6, 6.07) is 0. The predicted octanol–water partition coefficient (Wildman–Crippen LogP) is 1.89. The Labute approximate surface area is 67.5 Å². The lowest BCUT2D eigenvalue weighted by Crippen LogP contribution is -2.16. The van der Waals surface area contributed by atoms with Crippen molar-refractivity contribution in [1.29, 1.82) is 0 Å². The molecule has 0 bridgehead atoms. The average molecular weight is 208 g/mol. The van der Waals surface area contributed by atoms with Crippen molar-refractivity contribution in [2.75, 3.05) is 12.8 Å². The molecule has 0 amide bonds. The monoisotopic (exact) mass is 208 g/mol. The summed E-state index contributed by atoms with van der Waals surface area (Å²) in [6.07, 6.45) is -4.36. The molecule has 0 aromatic carbocycles. The van der Waals surface area contributed by atoms with Gasteiger partial charge in [-0.15, -0.1) is 0 Å². The molecule has 0 saturated carbocycles. The van der Waals surface area contributed by atoms with Gasteiger partial charge in [-0.1, -0.05) is 6.92 Å². The number of halogens is 3. The largest absolute Gasteiger partial charge is 0.412 e. The molecular formula is C4H8F3O2PS. The highest BCUT2D eigenvalue weighted by atomic mass is 32.5. The van der Waals surface area contributed by atoms with Crippen molar-refractivity contribution in [3.8, 4) is 0 Å². The van der Waals surface area contributed by atoms with E-state index in [-0.39, 0.29) is 6.16 Å². The maximum atomic E-state index is 11.5. The van der Waals surface area contributed by atoms with Crippen molar-refractivity contribution in [3.05, 3.63) is 0 Å². The summed E-state index contributed by atoms with van der Waals surface area (Å²) in [5.41, 5.74) is 0. The second-order valence-corrected chi connectivity index (χ2v) is 5.72. The highest BCUT2D eigenvalue weighted by Crippen LogP contribution is 2.42. The molecule has 0 aliphatic carbocycles. The molecular weight excluding hydrogens is 200 g/mol. The highest BCUT2D eigenvalue weighted by Gasteiger charge is 2.30. The van der Waals surface area contributed by atoms with Gasteiger partial charge >= 0.3 is 6.18 Å². The van der Waals surface area contributed by atoms with Gasteiger partial charge in [-0.25, -0.2) is 0 Å². The molecule has 11 heavy (non-hydrogen) atoms. The Morgan fingerprint density at radius 2 is 2.00 bits per heavy atom. The van der Waals surface area contributed by atoms with Crippen LogP contribution in [0.5, 0.6) is 0 Å². The first kappa shape index (κ1) is 11.4. The smallest absolute Gasteiger partial charge is 0.345 e. The third-order valence-corrected chi connectivity index (χ3v) is 3.25. The Kier molecular flexibility index (Phi) is 3.97. The fourth-order valence-electron chi connectivity index (χ4n) is 0.265. The third-order valence-electron chi connectivity index (χ3n) is 0.830. The molecule has 0 radical (unpaired) electrons. The van der Waals surface area contributed by atoms with Crippen molar-refractivity contribution in [2.45, 2.75) is 13.1 Å². The van der Waals surface area contributed by atoms with Gasteiger partial charge in [-0.05, 0) is 11.8 Å². The van der Waals surface area contributed by atoms with Gasteiger partial charge in [0.05, 0.1) is 0 Å². The van der Waals surface area contributed by atoms with Crippen LogP contribution < -0.4 is 0 Å². The molecule has 7 heteroatoms. The van der Waals surface area contributed by atoms with Crippen LogP contribution >= 0.6 is 6.49 Å². The van der Waals surface area contributed by atoms with E-state index in [2.05, 4.69) is 16.3 Å². The first-order valence-corrected chi connectivity index (χ1v) is 5.66. The van der Waals surface area contributed by atoms with E-state index < -0.39 is 19.3 Å². The molecule has 1 N–H and O–H groups in total. The zero-order valence-corrected chi connectivity index (χ0v) is 7.47. The number of alkyl halides is 3. The Hall–Kier alpha value is 0.360. The number of rotatable bonds is 3. The molecule has 0 aromatic rings. The summed E-state index contributed by atoms with van der Waals surface area (Å²) in [4.78, 5) is 8.89. The van der Waals surface area contributed by atoms with Gasteiger partial charge in [0.1, 0.15) is 6.61 Å². The Morgan fingerprint density at radius 1 is 1.55 bits per heavy atom. The Morgan fingerprint density at radius 3 is 2.27 bits per heavy atom. The van der Waals surface area contributed by atoms with E-state index in [1.807, 2.05) is 0 Å². The van der Waals surface area contributed by atoms with E-state index in [4.69, 9.17) is 4.89 Å². The van der Waals surface area contributed by atoms with Crippen LogP contribution in [0.3, 0.4) is 0 Å². The van der Waals surface area contributed by atoms with Gasteiger partial charge < -0.3 is 9.42 Å². The van der Waals surface area contributed by atoms with Crippen molar-refractivity contribution in [3.63, 3.8) is 0 Å². The predicted molar refractivity (Wildman–Crippen MR) is 39.1 cm³/mol. The lowest BCUT2D eigenvalue weighted by atomic mass is 10.7. The van der Waals surface area contributed by atoms with Crippen LogP contribution in [0.4, 0.5) is 13.2 Å². The van der Waals surface area contributed by atoms with Crippen LogP contribution in [-0.2, 0) is 16.3 Å². The van der Waals surface area contributed by atoms with Crippen LogP contribution in [0.25, 0.3) is 0 Å². The quantitative estimate of drug-likeness (QED) is 0.718. The molecule has 1 atom stereocenters. The van der Waals surface area contributed by atoms with E-state index in [0.29, 0.717) is 0 Å². The molecule has 0 aromatic heterocycles. The molecule has 1 unspecified atom stereocenters. The van der Waals surface area contributed by atoms with Gasteiger partial charge in [-0.3, -0.25) is 0 Å². The average Bonchev–Trinajstić information content (AvgIpc) is 1.83. The minimum atomic E-state index is -4.41. The zero-order valence-electron chi connectivity index (χ0n) is 5.76. The summed E-state index contributed by atoms with van der Waals surface area (Å²) in [5, 5.41) is 0. The van der Waals surface area contributed by atoms with E-state index in [0.717, 1.165) is 0 Å². The minimum absolute atomic E-state index is 0.0540. The molecule has 0 aliphatic rings. The second-order valence-electron chi connectivity index (χ2n) is 1.84. The molecule has 0 spiro atoms. The minimum Gasteiger partial charge on any atom is -0.345 e. The SMILES string of the molecule is CCP(O)(=S)OCC(F)(F)F. The summed E-state index contributed by atoms with van der Waals surface area (Å²) >= 11 is 4.36. The maximum Gasteiger partial charge on any atom is 0.412 e. The number of hydrogen-bond acceptors (Lipinski definition) is 2.